The topological polar surface area (TPSA) is 78.4 Å². The second-order valence-electron chi connectivity index (χ2n) is 6.10. The van der Waals surface area contributed by atoms with E-state index in [9.17, 15) is 23.5 Å². The fraction of sp³-hybridized carbons (Fsp3) is 0.529. The molecule has 0 spiro atoms. The monoisotopic (exact) mass is 340 g/mol. The van der Waals surface area contributed by atoms with E-state index in [0.717, 1.165) is 44.2 Å². The molecule has 0 aliphatic heterocycles. The first-order valence-corrected chi connectivity index (χ1v) is 8.14. The second-order valence-corrected chi connectivity index (χ2v) is 6.10. The molecule has 2 amide bonds. The van der Waals surface area contributed by atoms with Crippen LogP contribution in [0, 0.1) is 17.6 Å². The van der Waals surface area contributed by atoms with Gasteiger partial charge in [0.1, 0.15) is 11.6 Å². The van der Waals surface area contributed by atoms with Crippen molar-refractivity contribution >= 4 is 11.8 Å². The molecular formula is C17H22F2N2O3. The fourth-order valence-corrected chi connectivity index (χ4v) is 3.00. The third kappa shape index (κ3) is 5.26. The summed E-state index contributed by atoms with van der Waals surface area (Å²) in [6, 6.07) is 2.37. The molecule has 0 radical (unpaired) electrons. The molecule has 0 saturated heterocycles. The molecule has 5 nitrogen and oxygen atoms in total. The quantitative estimate of drug-likeness (QED) is 0.715. The Bertz CT molecular complexity index is 575. The predicted octanol–water partition coefficient (Wildman–Crippen LogP) is 1.75. The predicted molar refractivity (Wildman–Crippen MR) is 84.3 cm³/mol. The molecule has 1 aliphatic rings. The van der Waals surface area contributed by atoms with Crippen LogP contribution in [-0.2, 0) is 4.79 Å². The Hall–Kier alpha value is -2.02. The molecule has 0 aromatic heterocycles. The molecule has 24 heavy (non-hydrogen) atoms. The molecule has 1 aromatic carbocycles. The molecule has 2 atom stereocenters. The summed E-state index contributed by atoms with van der Waals surface area (Å²) < 4.78 is 26.2. The maximum absolute atomic E-state index is 13.1. The van der Waals surface area contributed by atoms with Crippen molar-refractivity contribution in [2.75, 3.05) is 13.2 Å². The van der Waals surface area contributed by atoms with Gasteiger partial charge in [-0.1, -0.05) is 19.3 Å². The molecule has 1 fully saturated rings. The lowest BCUT2D eigenvalue weighted by molar-refractivity contribution is -0.121. The standard InChI is InChI=1S/C17H22F2N2O3/c18-13-6-12(7-14(19)8-13)17(24)20-9-16(23)21-15-5-3-1-2-4-11(15)10-22/h6-8,11,15,22H,1-5,9-10H2,(H,20,24)(H,21,23). The first-order valence-electron chi connectivity index (χ1n) is 8.14. The average Bonchev–Trinajstić information content (AvgIpc) is 2.76. The van der Waals surface area contributed by atoms with Gasteiger partial charge in [0.2, 0.25) is 5.91 Å². The molecular weight excluding hydrogens is 318 g/mol. The fourth-order valence-electron chi connectivity index (χ4n) is 3.00. The number of hydrogen-bond donors (Lipinski definition) is 3. The van der Waals surface area contributed by atoms with Crippen molar-refractivity contribution in [3.63, 3.8) is 0 Å². The van der Waals surface area contributed by atoms with Crippen LogP contribution in [0.4, 0.5) is 8.78 Å². The minimum absolute atomic E-state index is 0.0138. The number of hydrogen-bond acceptors (Lipinski definition) is 3. The van der Waals surface area contributed by atoms with Crippen molar-refractivity contribution in [2.45, 2.75) is 38.1 Å². The van der Waals surface area contributed by atoms with Crippen molar-refractivity contribution in [1.82, 2.24) is 10.6 Å². The minimum atomic E-state index is -0.853. The Morgan fingerprint density at radius 2 is 1.75 bits per heavy atom. The highest BCUT2D eigenvalue weighted by atomic mass is 19.1. The van der Waals surface area contributed by atoms with Crippen LogP contribution in [0.2, 0.25) is 0 Å². The first-order chi connectivity index (χ1) is 11.5. The normalized spacial score (nSPS) is 21.0. The number of nitrogens with one attached hydrogen (secondary N) is 2. The number of rotatable bonds is 5. The number of benzene rings is 1. The summed E-state index contributed by atoms with van der Waals surface area (Å²) >= 11 is 0. The Labute approximate surface area is 139 Å². The van der Waals surface area contributed by atoms with Crippen LogP contribution >= 0.6 is 0 Å². The number of carbonyl (C=O) groups is 2. The third-order valence-corrected chi connectivity index (χ3v) is 4.27. The minimum Gasteiger partial charge on any atom is -0.396 e. The average molecular weight is 340 g/mol. The summed E-state index contributed by atoms with van der Waals surface area (Å²) in [6.45, 7) is -0.272. The van der Waals surface area contributed by atoms with Crippen molar-refractivity contribution in [1.29, 1.82) is 0 Å². The van der Waals surface area contributed by atoms with E-state index in [0.29, 0.717) is 6.07 Å². The summed E-state index contributed by atoms with van der Waals surface area (Å²) in [5, 5.41) is 14.6. The molecule has 1 saturated carbocycles. The molecule has 2 unspecified atom stereocenters. The zero-order chi connectivity index (χ0) is 17.5. The number of carbonyl (C=O) groups excluding carboxylic acids is 2. The Kier molecular flexibility index (Phi) is 6.66. The molecule has 0 heterocycles. The Balaban J connectivity index is 1.86. The van der Waals surface area contributed by atoms with Gasteiger partial charge >= 0.3 is 0 Å². The Morgan fingerprint density at radius 1 is 1.08 bits per heavy atom. The summed E-state index contributed by atoms with van der Waals surface area (Å²) in [5.41, 5.74) is -0.178. The van der Waals surface area contributed by atoms with Gasteiger partial charge in [0.15, 0.2) is 0 Å². The zero-order valence-corrected chi connectivity index (χ0v) is 13.4. The van der Waals surface area contributed by atoms with E-state index < -0.39 is 17.5 Å². The number of aliphatic hydroxyl groups is 1. The molecule has 1 aliphatic carbocycles. The van der Waals surface area contributed by atoms with E-state index in [2.05, 4.69) is 10.6 Å². The van der Waals surface area contributed by atoms with Crippen molar-refractivity contribution in [3.05, 3.63) is 35.4 Å². The zero-order valence-electron chi connectivity index (χ0n) is 13.4. The summed E-state index contributed by atoms with van der Waals surface area (Å²) in [5.74, 6) is -2.79. The smallest absolute Gasteiger partial charge is 0.251 e. The summed E-state index contributed by atoms with van der Waals surface area (Å²) in [4.78, 5) is 23.9. The van der Waals surface area contributed by atoms with Crippen molar-refractivity contribution < 1.29 is 23.5 Å². The van der Waals surface area contributed by atoms with E-state index >= 15 is 0 Å². The molecule has 3 N–H and O–H groups in total. The van der Waals surface area contributed by atoms with Gasteiger partial charge in [0.05, 0.1) is 6.54 Å². The largest absolute Gasteiger partial charge is 0.396 e. The highest BCUT2D eigenvalue weighted by molar-refractivity contribution is 5.96. The van der Waals surface area contributed by atoms with Gasteiger partial charge in [-0.2, -0.15) is 0 Å². The SMILES string of the molecule is O=C(CNC(=O)c1cc(F)cc(F)c1)NC1CCCCCC1CO. The summed E-state index contributed by atoms with van der Waals surface area (Å²) in [7, 11) is 0. The van der Waals surface area contributed by atoms with E-state index in [1.807, 2.05) is 0 Å². The van der Waals surface area contributed by atoms with Gasteiger partial charge in [-0.3, -0.25) is 9.59 Å². The van der Waals surface area contributed by atoms with Gasteiger partial charge in [-0.15, -0.1) is 0 Å². The van der Waals surface area contributed by atoms with Crippen LogP contribution in [0.5, 0.6) is 0 Å². The molecule has 7 heteroatoms. The second kappa shape index (κ2) is 8.73. The molecule has 132 valence electrons. The number of halogens is 2. The third-order valence-electron chi connectivity index (χ3n) is 4.27. The Morgan fingerprint density at radius 3 is 2.42 bits per heavy atom. The lowest BCUT2D eigenvalue weighted by Crippen LogP contribution is -2.45. The maximum atomic E-state index is 13.1. The van der Waals surface area contributed by atoms with Gasteiger partial charge in [0.25, 0.3) is 5.91 Å². The van der Waals surface area contributed by atoms with E-state index in [4.69, 9.17) is 0 Å². The van der Waals surface area contributed by atoms with Crippen LogP contribution in [-0.4, -0.2) is 36.1 Å². The molecule has 2 rings (SSSR count). The van der Waals surface area contributed by atoms with Crippen LogP contribution in [0.1, 0.15) is 42.5 Å². The maximum Gasteiger partial charge on any atom is 0.251 e. The van der Waals surface area contributed by atoms with E-state index in [1.54, 1.807) is 0 Å². The van der Waals surface area contributed by atoms with E-state index in [-0.39, 0.29) is 36.6 Å². The van der Waals surface area contributed by atoms with Gasteiger partial charge in [-0.05, 0) is 25.0 Å². The number of amides is 2. The first kappa shape index (κ1) is 18.3. The van der Waals surface area contributed by atoms with Crippen molar-refractivity contribution in [3.8, 4) is 0 Å². The van der Waals surface area contributed by atoms with Crippen molar-refractivity contribution in [2.24, 2.45) is 5.92 Å². The van der Waals surface area contributed by atoms with Gasteiger partial charge < -0.3 is 15.7 Å². The van der Waals surface area contributed by atoms with Gasteiger partial charge in [-0.25, -0.2) is 8.78 Å². The lowest BCUT2D eigenvalue weighted by atomic mass is 9.95. The lowest BCUT2D eigenvalue weighted by Gasteiger charge is -2.24. The highest BCUT2D eigenvalue weighted by Gasteiger charge is 2.24. The van der Waals surface area contributed by atoms with Crippen LogP contribution < -0.4 is 10.6 Å². The number of aliphatic hydroxyl groups excluding tert-OH is 1. The molecule has 1 aromatic rings. The van der Waals surface area contributed by atoms with Crippen LogP contribution in [0.25, 0.3) is 0 Å². The summed E-state index contributed by atoms with van der Waals surface area (Å²) in [6.07, 6.45) is 4.73. The van der Waals surface area contributed by atoms with Crippen LogP contribution in [0.3, 0.4) is 0 Å². The molecule has 0 bridgehead atoms. The van der Waals surface area contributed by atoms with Gasteiger partial charge in [0, 0.05) is 30.2 Å². The van der Waals surface area contributed by atoms with Crippen LogP contribution in [0.15, 0.2) is 18.2 Å². The van der Waals surface area contributed by atoms with E-state index in [1.165, 1.54) is 0 Å². The highest BCUT2D eigenvalue weighted by Crippen LogP contribution is 2.23.